The summed E-state index contributed by atoms with van der Waals surface area (Å²) in [6.07, 6.45) is 0.0895. The Morgan fingerprint density at radius 1 is 1.44 bits per heavy atom. The molecule has 1 saturated carbocycles. The molecule has 0 radical (unpaired) electrons. The molecule has 18 heavy (non-hydrogen) atoms. The monoisotopic (exact) mass is 277 g/mol. The molecule has 1 aromatic rings. The average Bonchev–Trinajstić information content (AvgIpc) is 2.63. The van der Waals surface area contributed by atoms with Gasteiger partial charge in [-0.25, -0.2) is 13.2 Å². The summed E-state index contributed by atoms with van der Waals surface area (Å²) in [7, 11) is 1.66. The highest BCUT2D eigenvalue weighted by atomic mass is 35.5. The predicted molar refractivity (Wildman–Crippen MR) is 65.5 cm³/mol. The molecule has 0 heterocycles. The van der Waals surface area contributed by atoms with Gasteiger partial charge in [-0.3, -0.25) is 0 Å². The van der Waals surface area contributed by atoms with E-state index in [1.165, 1.54) is 6.07 Å². The normalized spacial score (nSPS) is 24.2. The van der Waals surface area contributed by atoms with Crippen LogP contribution in [0.5, 0.6) is 0 Å². The first kappa shape index (κ1) is 13.7. The molecule has 0 saturated heterocycles. The highest BCUT2D eigenvalue weighted by molar-refractivity contribution is 6.30. The Morgan fingerprint density at radius 2 is 2.17 bits per heavy atom. The van der Waals surface area contributed by atoms with Gasteiger partial charge < -0.3 is 5.32 Å². The van der Waals surface area contributed by atoms with E-state index in [0.29, 0.717) is 17.0 Å². The maximum atomic E-state index is 13.8. The van der Waals surface area contributed by atoms with Gasteiger partial charge in [0.2, 0.25) is 5.92 Å². The van der Waals surface area contributed by atoms with E-state index in [1.54, 1.807) is 19.2 Å². The molecule has 1 nitrogen and oxygen atoms in total. The van der Waals surface area contributed by atoms with Crippen molar-refractivity contribution in [3.8, 4) is 0 Å². The SMILES string of the molecule is CNC(c1ccc(Cl)cc1F)C1CCC(F)(F)C1. The van der Waals surface area contributed by atoms with Crippen LogP contribution in [0, 0.1) is 11.7 Å². The van der Waals surface area contributed by atoms with Crippen LogP contribution in [-0.4, -0.2) is 13.0 Å². The number of nitrogens with one attached hydrogen (secondary N) is 1. The Bertz CT molecular complexity index is 436. The zero-order valence-electron chi connectivity index (χ0n) is 10.0. The van der Waals surface area contributed by atoms with Crippen LogP contribution < -0.4 is 5.32 Å². The first-order valence-electron chi connectivity index (χ1n) is 5.93. The summed E-state index contributed by atoms with van der Waals surface area (Å²) in [5.74, 6) is -3.32. The third kappa shape index (κ3) is 2.81. The van der Waals surface area contributed by atoms with E-state index in [4.69, 9.17) is 11.6 Å². The number of halogens is 4. The van der Waals surface area contributed by atoms with Crippen LogP contribution in [0.4, 0.5) is 13.2 Å². The fourth-order valence-corrected chi connectivity index (χ4v) is 2.83. The Morgan fingerprint density at radius 3 is 2.67 bits per heavy atom. The minimum atomic E-state index is -2.62. The van der Waals surface area contributed by atoms with E-state index in [2.05, 4.69) is 5.32 Å². The molecule has 0 spiro atoms. The largest absolute Gasteiger partial charge is 0.313 e. The minimum Gasteiger partial charge on any atom is -0.313 e. The summed E-state index contributed by atoms with van der Waals surface area (Å²) in [5, 5.41) is 3.25. The molecule has 2 unspecified atom stereocenters. The zero-order valence-corrected chi connectivity index (χ0v) is 10.8. The van der Waals surface area contributed by atoms with E-state index in [1.807, 2.05) is 0 Å². The zero-order chi connectivity index (χ0) is 13.3. The summed E-state index contributed by atoms with van der Waals surface area (Å²) < 4.78 is 40.3. The lowest BCUT2D eigenvalue weighted by Crippen LogP contribution is -2.26. The molecular weight excluding hydrogens is 263 g/mol. The molecule has 0 amide bonds. The molecule has 0 aliphatic heterocycles. The van der Waals surface area contributed by atoms with Gasteiger partial charge >= 0.3 is 0 Å². The van der Waals surface area contributed by atoms with Crippen LogP contribution in [0.3, 0.4) is 0 Å². The standard InChI is InChI=1S/C13H15ClF3N/c1-18-12(8-4-5-13(16,17)7-8)10-3-2-9(14)6-11(10)15/h2-3,6,8,12,18H,4-5,7H2,1H3. The van der Waals surface area contributed by atoms with Gasteiger partial charge in [0.15, 0.2) is 0 Å². The lowest BCUT2D eigenvalue weighted by molar-refractivity contribution is 0.00333. The van der Waals surface area contributed by atoms with Gasteiger partial charge in [-0.05, 0) is 31.5 Å². The molecule has 0 aromatic heterocycles. The maximum absolute atomic E-state index is 13.8. The van der Waals surface area contributed by atoms with Gasteiger partial charge in [-0.15, -0.1) is 0 Å². The van der Waals surface area contributed by atoms with Crippen molar-refractivity contribution < 1.29 is 13.2 Å². The molecule has 2 rings (SSSR count). The number of hydrogen-bond acceptors (Lipinski definition) is 1. The summed E-state index contributed by atoms with van der Waals surface area (Å²) in [6.45, 7) is 0. The summed E-state index contributed by atoms with van der Waals surface area (Å²) in [6, 6.07) is 3.97. The van der Waals surface area contributed by atoms with Crippen molar-refractivity contribution in [2.24, 2.45) is 5.92 Å². The van der Waals surface area contributed by atoms with Gasteiger partial charge in [0.05, 0.1) is 0 Å². The van der Waals surface area contributed by atoms with E-state index < -0.39 is 17.8 Å². The van der Waals surface area contributed by atoms with E-state index in [-0.39, 0.29) is 18.8 Å². The Balaban J connectivity index is 2.23. The average molecular weight is 278 g/mol. The Kier molecular flexibility index (Phi) is 3.87. The second-order valence-corrected chi connectivity index (χ2v) is 5.23. The first-order valence-corrected chi connectivity index (χ1v) is 6.31. The topological polar surface area (TPSA) is 12.0 Å². The third-order valence-corrected chi connectivity index (χ3v) is 3.76. The predicted octanol–water partition coefficient (Wildman–Crippen LogP) is 4.18. The maximum Gasteiger partial charge on any atom is 0.248 e. The molecule has 1 aromatic carbocycles. The van der Waals surface area contributed by atoms with Crippen molar-refractivity contribution in [3.05, 3.63) is 34.6 Å². The molecule has 1 fully saturated rings. The fraction of sp³-hybridized carbons (Fsp3) is 0.538. The van der Waals surface area contributed by atoms with Crippen molar-refractivity contribution in [2.45, 2.75) is 31.2 Å². The highest BCUT2D eigenvalue weighted by Gasteiger charge is 2.42. The van der Waals surface area contributed by atoms with Crippen LogP contribution in [-0.2, 0) is 0 Å². The van der Waals surface area contributed by atoms with Crippen molar-refractivity contribution >= 4 is 11.6 Å². The van der Waals surface area contributed by atoms with E-state index in [0.717, 1.165) is 0 Å². The molecule has 0 bridgehead atoms. The summed E-state index contributed by atoms with van der Waals surface area (Å²) >= 11 is 5.69. The molecule has 1 aliphatic carbocycles. The number of alkyl halides is 2. The smallest absolute Gasteiger partial charge is 0.248 e. The molecule has 1 N–H and O–H groups in total. The van der Waals surface area contributed by atoms with Gasteiger partial charge in [-0.2, -0.15) is 0 Å². The van der Waals surface area contributed by atoms with E-state index in [9.17, 15) is 13.2 Å². The van der Waals surface area contributed by atoms with Crippen molar-refractivity contribution in [1.82, 2.24) is 5.32 Å². The molecule has 5 heteroatoms. The third-order valence-electron chi connectivity index (χ3n) is 3.52. The second-order valence-electron chi connectivity index (χ2n) is 4.79. The van der Waals surface area contributed by atoms with Crippen LogP contribution >= 0.6 is 11.6 Å². The summed E-state index contributed by atoms with van der Waals surface area (Å²) in [5.41, 5.74) is 0.407. The lowest BCUT2D eigenvalue weighted by Gasteiger charge is -2.24. The van der Waals surface area contributed by atoms with Crippen LogP contribution in [0.1, 0.15) is 30.9 Å². The Labute approximate surface area is 109 Å². The molecule has 100 valence electrons. The van der Waals surface area contributed by atoms with Crippen molar-refractivity contribution in [1.29, 1.82) is 0 Å². The van der Waals surface area contributed by atoms with Crippen LogP contribution in [0.25, 0.3) is 0 Å². The number of hydrogen-bond donors (Lipinski definition) is 1. The van der Waals surface area contributed by atoms with Crippen LogP contribution in [0.2, 0.25) is 5.02 Å². The summed E-state index contributed by atoms with van der Waals surface area (Å²) in [4.78, 5) is 0. The minimum absolute atomic E-state index is 0.120. The quantitative estimate of drug-likeness (QED) is 0.874. The molecule has 2 atom stereocenters. The second kappa shape index (κ2) is 5.10. The van der Waals surface area contributed by atoms with Crippen molar-refractivity contribution in [2.75, 3.05) is 7.05 Å². The van der Waals surface area contributed by atoms with Gasteiger partial charge in [0, 0.05) is 29.5 Å². The fourth-order valence-electron chi connectivity index (χ4n) is 2.67. The van der Waals surface area contributed by atoms with E-state index >= 15 is 0 Å². The Hall–Kier alpha value is -0.740. The van der Waals surface area contributed by atoms with Gasteiger partial charge in [-0.1, -0.05) is 17.7 Å². The highest BCUT2D eigenvalue weighted by Crippen LogP contribution is 2.44. The molecule has 1 aliphatic rings. The lowest BCUT2D eigenvalue weighted by atomic mass is 9.91. The first-order chi connectivity index (χ1) is 8.43. The van der Waals surface area contributed by atoms with Crippen LogP contribution in [0.15, 0.2) is 18.2 Å². The van der Waals surface area contributed by atoms with Gasteiger partial charge in [0.25, 0.3) is 0 Å². The molecular formula is C13H15ClF3N. The van der Waals surface area contributed by atoms with Gasteiger partial charge in [0.1, 0.15) is 5.82 Å². The number of benzene rings is 1. The van der Waals surface area contributed by atoms with Crippen molar-refractivity contribution in [3.63, 3.8) is 0 Å². The number of rotatable bonds is 3.